The van der Waals surface area contributed by atoms with Gasteiger partial charge >= 0.3 is 5.63 Å². The lowest BCUT2D eigenvalue weighted by Crippen LogP contribution is -2.42. The molecule has 2 aromatic heterocycles. The number of hydrogen-bond acceptors (Lipinski definition) is 5. The van der Waals surface area contributed by atoms with Gasteiger partial charge in [-0.05, 0) is 44.0 Å². The average Bonchev–Trinajstić information content (AvgIpc) is 3.40. The summed E-state index contributed by atoms with van der Waals surface area (Å²) in [6.45, 7) is 2.94. The van der Waals surface area contributed by atoms with E-state index in [1.807, 2.05) is 11.6 Å². The van der Waals surface area contributed by atoms with Crippen LogP contribution in [0.15, 0.2) is 33.5 Å². The van der Waals surface area contributed by atoms with Gasteiger partial charge in [0.2, 0.25) is 0 Å². The smallest absolute Gasteiger partial charge is 0.349 e. The number of carbonyl (C=O) groups is 1. The molecule has 0 spiro atoms. The minimum Gasteiger partial charge on any atom is -0.422 e. The summed E-state index contributed by atoms with van der Waals surface area (Å²) in [5, 5.41) is 5.71. The Labute approximate surface area is 159 Å². The van der Waals surface area contributed by atoms with Gasteiger partial charge in [-0.25, -0.2) is 14.5 Å². The Morgan fingerprint density at radius 1 is 1.26 bits per heavy atom. The van der Waals surface area contributed by atoms with Crippen LogP contribution in [0.1, 0.15) is 53.7 Å². The Morgan fingerprint density at radius 3 is 2.85 bits per heavy atom. The zero-order valence-corrected chi connectivity index (χ0v) is 15.4. The van der Waals surface area contributed by atoms with E-state index in [0.717, 1.165) is 24.5 Å². The van der Waals surface area contributed by atoms with E-state index in [0.29, 0.717) is 35.0 Å². The Kier molecular flexibility index (Phi) is 3.62. The standard InChI is InChI=1S/C19H17ClN4O3/c1-10-17-21-16(11-2-3-11)22-24(17)7-6-23(10)18(25)14-9-12-8-13(20)4-5-15(12)27-19(14)26/h4-5,8-11H,2-3,6-7H2,1H3/t10-/m1/s1. The SMILES string of the molecule is C[C@@H]1c2nc(C3CC3)nn2CCN1C(=O)c1cc2cc(Cl)ccc2oc1=O. The van der Waals surface area contributed by atoms with Gasteiger partial charge in [0.15, 0.2) is 5.82 Å². The Bertz CT molecular complexity index is 1130. The predicted octanol–water partition coefficient (Wildman–Crippen LogP) is 3.13. The maximum atomic E-state index is 13.1. The number of benzene rings is 1. The molecule has 0 radical (unpaired) electrons. The number of fused-ring (bicyclic) bond motifs is 2. The second-order valence-corrected chi connectivity index (χ2v) is 7.57. The molecule has 1 aromatic carbocycles. The minimum atomic E-state index is -0.646. The van der Waals surface area contributed by atoms with E-state index in [9.17, 15) is 9.59 Å². The van der Waals surface area contributed by atoms with Gasteiger partial charge < -0.3 is 9.32 Å². The summed E-state index contributed by atoms with van der Waals surface area (Å²) in [7, 11) is 0. The molecule has 3 aromatic rings. The van der Waals surface area contributed by atoms with Gasteiger partial charge in [-0.2, -0.15) is 5.10 Å². The Hall–Kier alpha value is -2.67. The Morgan fingerprint density at radius 2 is 2.07 bits per heavy atom. The normalized spacial score (nSPS) is 19.3. The number of aromatic nitrogens is 3. The summed E-state index contributed by atoms with van der Waals surface area (Å²) >= 11 is 6.02. The molecule has 5 rings (SSSR count). The van der Waals surface area contributed by atoms with Crippen molar-refractivity contribution in [3.05, 3.63) is 56.9 Å². The molecule has 1 saturated carbocycles. The van der Waals surface area contributed by atoms with E-state index in [1.54, 1.807) is 29.2 Å². The molecule has 0 N–H and O–H groups in total. The van der Waals surface area contributed by atoms with E-state index < -0.39 is 5.63 Å². The van der Waals surface area contributed by atoms with Crippen LogP contribution < -0.4 is 5.63 Å². The van der Waals surface area contributed by atoms with Crippen molar-refractivity contribution >= 4 is 28.5 Å². The second kappa shape index (κ2) is 5.92. The third kappa shape index (κ3) is 2.73. The van der Waals surface area contributed by atoms with E-state index in [-0.39, 0.29) is 17.5 Å². The third-order valence-corrected chi connectivity index (χ3v) is 5.47. The zero-order chi connectivity index (χ0) is 18.7. The zero-order valence-electron chi connectivity index (χ0n) is 14.7. The van der Waals surface area contributed by atoms with Crippen LogP contribution in [0.2, 0.25) is 5.02 Å². The number of rotatable bonds is 2. The van der Waals surface area contributed by atoms with Crippen LogP contribution in [0.4, 0.5) is 0 Å². The van der Waals surface area contributed by atoms with Gasteiger partial charge in [0.1, 0.15) is 17.0 Å². The topological polar surface area (TPSA) is 81.2 Å². The molecular formula is C19H17ClN4O3. The van der Waals surface area contributed by atoms with Gasteiger partial charge in [-0.3, -0.25) is 4.79 Å². The highest BCUT2D eigenvalue weighted by Gasteiger charge is 2.35. The van der Waals surface area contributed by atoms with Crippen molar-refractivity contribution in [1.82, 2.24) is 19.7 Å². The number of nitrogens with zero attached hydrogens (tertiary/aromatic N) is 4. The molecule has 0 bridgehead atoms. The number of amides is 1. The van der Waals surface area contributed by atoms with E-state index in [1.165, 1.54) is 0 Å². The first-order chi connectivity index (χ1) is 13.0. The first-order valence-electron chi connectivity index (χ1n) is 9.00. The van der Waals surface area contributed by atoms with Crippen LogP contribution in [-0.4, -0.2) is 32.1 Å². The fourth-order valence-electron chi connectivity index (χ4n) is 3.57. The maximum absolute atomic E-state index is 13.1. The van der Waals surface area contributed by atoms with Crippen molar-refractivity contribution in [2.75, 3.05) is 6.54 Å². The summed E-state index contributed by atoms with van der Waals surface area (Å²) in [5.41, 5.74) is -0.235. The molecule has 2 aliphatic rings. The summed E-state index contributed by atoms with van der Waals surface area (Å²) < 4.78 is 7.19. The first-order valence-corrected chi connectivity index (χ1v) is 9.38. The van der Waals surface area contributed by atoms with Crippen LogP contribution in [0.3, 0.4) is 0 Å². The Balaban J connectivity index is 1.51. The van der Waals surface area contributed by atoms with Crippen molar-refractivity contribution in [3.8, 4) is 0 Å². The molecule has 1 aliphatic heterocycles. The van der Waals surface area contributed by atoms with Crippen molar-refractivity contribution in [2.24, 2.45) is 0 Å². The van der Waals surface area contributed by atoms with Gasteiger partial charge in [-0.15, -0.1) is 0 Å². The number of hydrogen-bond donors (Lipinski definition) is 0. The molecule has 1 fully saturated rings. The molecule has 27 heavy (non-hydrogen) atoms. The summed E-state index contributed by atoms with van der Waals surface area (Å²) in [4.78, 5) is 31.8. The second-order valence-electron chi connectivity index (χ2n) is 7.13. The van der Waals surface area contributed by atoms with Gasteiger partial charge in [0.05, 0.1) is 12.6 Å². The molecule has 1 atom stereocenters. The van der Waals surface area contributed by atoms with Gasteiger partial charge in [0.25, 0.3) is 5.91 Å². The maximum Gasteiger partial charge on any atom is 0.349 e. The molecular weight excluding hydrogens is 368 g/mol. The molecule has 138 valence electrons. The monoisotopic (exact) mass is 384 g/mol. The number of carbonyl (C=O) groups excluding carboxylic acids is 1. The van der Waals surface area contributed by atoms with Crippen LogP contribution in [0.5, 0.6) is 0 Å². The highest BCUT2D eigenvalue weighted by Crippen LogP contribution is 2.39. The third-order valence-electron chi connectivity index (χ3n) is 5.24. The van der Waals surface area contributed by atoms with Crippen molar-refractivity contribution in [3.63, 3.8) is 0 Å². The van der Waals surface area contributed by atoms with Crippen LogP contribution in [-0.2, 0) is 6.54 Å². The summed E-state index contributed by atoms with van der Waals surface area (Å²) in [6, 6.07) is 6.23. The average molecular weight is 385 g/mol. The van der Waals surface area contributed by atoms with E-state index in [4.69, 9.17) is 16.0 Å². The van der Waals surface area contributed by atoms with Gasteiger partial charge in [-0.1, -0.05) is 11.6 Å². The van der Waals surface area contributed by atoms with Crippen molar-refractivity contribution in [1.29, 1.82) is 0 Å². The fourth-order valence-corrected chi connectivity index (χ4v) is 3.75. The minimum absolute atomic E-state index is 0.00648. The molecule has 1 aliphatic carbocycles. The molecule has 0 unspecified atom stereocenters. The van der Waals surface area contributed by atoms with Crippen LogP contribution in [0, 0.1) is 0 Å². The molecule has 1 amide bonds. The van der Waals surface area contributed by atoms with Crippen LogP contribution >= 0.6 is 11.6 Å². The van der Waals surface area contributed by atoms with Gasteiger partial charge in [0, 0.05) is 22.9 Å². The lowest BCUT2D eigenvalue weighted by Gasteiger charge is -2.32. The lowest BCUT2D eigenvalue weighted by atomic mass is 10.1. The fraction of sp³-hybridized carbons (Fsp3) is 0.368. The van der Waals surface area contributed by atoms with Crippen LogP contribution in [0.25, 0.3) is 11.0 Å². The first kappa shape index (κ1) is 16.5. The molecule has 0 saturated heterocycles. The van der Waals surface area contributed by atoms with E-state index >= 15 is 0 Å². The highest BCUT2D eigenvalue weighted by atomic mass is 35.5. The quantitative estimate of drug-likeness (QED) is 0.634. The largest absolute Gasteiger partial charge is 0.422 e. The highest BCUT2D eigenvalue weighted by molar-refractivity contribution is 6.31. The van der Waals surface area contributed by atoms with E-state index in [2.05, 4.69) is 10.1 Å². The van der Waals surface area contributed by atoms with Crippen molar-refractivity contribution in [2.45, 2.75) is 38.3 Å². The van der Waals surface area contributed by atoms with Crippen molar-refractivity contribution < 1.29 is 9.21 Å². The predicted molar refractivity (Wildman–Crippen MR) is 98.9 cm³/mol. The summed E-state index contributed by atoms with van der Waals surface area (Å²) in [5.74, 6) is 1.73. The number of halogens is 1. The molecule has 7 nitrogen and oxygen atoms in total. The lowest BCUT2D eigenvalue weighted by molar-refractivity contribution is 0.0626. The molecule has 8 heteroatoms. The summed E-state index contributed by atoms with van der Waals surface area (Å²) in [6.07, 6.45) is 2.25. The molecule has 3 heterocycles.